The molecule has 0 aromatic heterocycles. The number of nitrogens with one attached hydrogen (secondary N) is 1. The first-order valence-electron chi connectivity index (χ1n) is 7.15. The number of carbonyl (C=O) groups excluding carboxylic acids is 1. The summed E-state index contributed by atoms with van der Waals surface area (Å²) in [5, 5.41) is 12.2. The van der Waals surface area contributed by atoms with E-state index < -0.39 is 0 Å². The Morgan fingerprint density at radius 2 is 2.33 bits per heavy atom. The molecule has 0 aromatic rings. The second kappa shape index (κ2) is 6.19. The van der Waals surface area contributed by atoms with E-state index in [1.807, 2.05) is 0 Å². The lowest BCUT2D eigenvalue weighted by atomic mass is 9.76. The molecule has 0 radical (unpaired) electrons. The van der Waals surface area contributed by atoms with Crippen LogP contribution in [0, 0.1) is 23.2 Å². The Kier molecular flexibility index (Phi) is 4.60. The molecule has 0 spiro atoms. The molecule has 1 saturated carbocycles. The van der Waals surface area contributed by atoms with Gasteiger partial charge in [0.2, 0.25) is 5.91 Å². The molecular weight excluding hydrogens is 226 g/mol. The quantitative estimate of drug-likeness (QED) is 0.825. The Labute approximate surface area is 109 Å². The molecule has 4 nitrogen and oxygen atoms in total. The van der Waals surface area contributed by atoms with Crippen LogP contribution in [-0.4, -0.2) is 36.5 Å². The van der Waals surface area contributed by atoms with E-state index in [2.05, 4.69) is 23.2 Å². The summed E-state index contributed by atoms with van der Waals surface area (Å²) in [5.41, 5.74) is 0. The first kappa shape index (κ1) is 13.4. The Balaban J connectivity index is 2.01. The van der Waals surface area contributed by atoms with Crippen molar-refractivity contribution in [2.45, 2.75) is 45.1 Å². The van der Waals surface area contributed by atoms with Gasteiger partial charge < -0.3 is 5.32 Å². The van der Waals surface area contributed by atoms with E-state index in [0.717, 1.165) is 31.8 Å². The molecule has 1 aliphatic heterocycles. The van der Waals surface area contributed by atoms with Gasteiger partial charge in [0.15, 0.2) is 0 Å². The third kappa shape index (κ3) is 3.02. The fourth-order valence-corrected chi connectivity index (χ4v) is 3.40. The van der Waals surface area contributed by atoms with Gasteiger partial charge in [0.25, 0.3) is 0 Å². The van der Waals surface area contributed by atoms with E-state index in [9.17, 15) is 10.1 Å². The standard InChI is InChI=1S/C14H23N3O/c1-2-3-11-4-5-12(9-15)13(8-11)17-7-6-16-14(18)10-17/h11-13H,2-8,10H2,1H3,(H,16,18). The first-order valence-corrected chi connectivity index (χ1v) is 7.15. The highest BCUT2D eigenvalue weighted by atomic mass is 16.2. The van der Waals surface area contributed by atoms with Gasteiger partial charge in [0.05, 0.1) is 18.5 Å². The molecule has 4 heteroatoms. The van der Waals surface area contributed by atoms with Crippen molar-refractivity contribution in [1.29, 1.82) is 5.26 Å². The number of rotatable bonds is 3. The van der Waals surface area contributed by atoms with E-state index in [-0.39, 0.29) is 11.8 Å². The summed E-state index contributed by atoms with van der Waals surface area (Å²) in [4.78, 5) is 13.7. The van der Waals surface area contributed by atoms with Gasteiger partial charge in [-0.3, -0.25) is 9.69 Å². The molecule has 2 rings (SSSR count). The molecule has 0 bridgehead atoms. The van der Waals surface area contributed by atoms with Crippen LogP contribution in [0.2, 0.25) is 0 Å². The molecule has 2 fully saturated rings. The number of hydrogen-bond acceptors (Lipinski definition) is 3. The molecule has 100 valence electrons. The fourth-order valence-electron chi connectivity index (χ4n) is 3.40. The van der Waals surface area contributed by atoms with E-state index in [1.165, 1.54) is 19.3 Å². The first-order chi connectivity index (χ1) is 8.74. The fraction of sp³-hybridized carbons (Fsp3) is 0.857. The van der Waals surface area contributed by atoms with Crippen molar-refractivity contribution in [3.8, 4) is 6.07 Å². The van der Waals surface area contributed by atoms with Crippen LogP contribution in [-0.2, 0) is 4.79 Å². The molecule has 3 atom stereocenters. The van der Waals surface area contributed by atoms with Crippen molar-refractivity contribution in [3.05, 3.63) is 0 Å². The normalized spacial score (nSPS) is 33.8. The molecular formula is C14H23N3O. The minimum atomic E-state index is 0.107. The predicted octanol–water partition coefficient (Wildman–Crippen LogP) is 1.53. The summed E-state index contributed by atoms with van der Waals surface area (Å²) >= 11 is 0. The highest BCUT2D eigenvalue weighted by Crippen LogP contribution is 2.34. The van der Waals surface area contributed by atoms with Crippen LogP contribution >= 0.6 is 0 Å². The highest BCUT2D eigenvalue weighted by Gasteiger charge is 2.35. The zero-order valence-electron chi connectivity index (χ0n) is 11.2. The van der Waals surface area contributed by atoms with Gasteiger partial charge in [-0.1, -0.05) is 19.8 Å². The summed E-state index contributed by atoms with van der Waals surface area (Å²) in [6.07, 6.45) is 5.76. The largest absolute Gasteiger partial charge is 0.354 e. The molecule has 18 heavy (non-hydrogen) atoms. The lowest BCUT2D eigenvalue weighted by Gasteiger charge is -2.41. The SMILES string of the molecule is CCCC1CCC(C#N)C(N2CCNC(=O)C2)C1. The molecule has 2 aliphatic rings. The van der Waals surface area contributed by atoms with Crippen LogP contribution in [0.1, 0.15) is 39.0 Å². The maximum Gasteiger partial charge on any atom is 0.234 e. The number of piperazine rings is 1. The van der Waals surface area contributed by atoms with Crippen LogP contribution in [0.5, 0.6) is 0 Å². The molecule has 1 amide bonds. The van der Waals surface area contributed by atoms with Gasteiger partial charge in [0, 0.05) is 19.1 Å². The van der Waals surface area contributed by atoms with Crippen LogP contribution in [0.4, 0.5) is 0 Å². The number of nitrogens with zero attached hydrogens (tertiary/aromatic N) is 2. The van der Waals surface area contributed by atoms with Gasteiger partial charge in [-0.15, -0.1) is 0 Å². The monoisotopic (exact) mass is 249 g/mol. The molecule has 1 N–H and O–H groups in total. The van der Waals surface area contributed by atoms with Crippen LogP contribution in [0.15, 0.2) is 0 Å². The Morgan fingerprint density at radius 1 is 1.50 bits per heavy atom. The van der Waals surface area contributed by atoms with Crippen molar-refractivity contribution in [1.82, 2.24) is 10.2 Å². The molecule has 3 unspecified atom stereocenters. The smallest absolute Gasteiger partial charge is 0.234 e. The van der Waals surface area contributed by atoms with E-state index in [4.69, 9.17) is 0 Å². The summed E-state index contributed by atoms with van der Waals surface area (Å²) in [7, 11) is 0. The van der Waals surface area contributed by atoms with Crippen LogP contribution < -0.4 is 5.32 Å². The topological polar surface area (TPSA) is 56.1 Å². The minimum absolute atomic E-state index is 0.107. The van der Waals surface area contributed by atoms with E-state index >= 15 is 0 Å². The van der Waals surface area contributed by atoms with Crippen LogP contribution in [0.25, 0.3) is 0 Å². The van der Waals surface area contributed by atoms with Gasteiger partial charge >= 0.3 is 0 Å². The summed E-state index contributed by atoms with van der Waals surface area (Å²) < 4.78 is 0. The average molecular weight is 249 g/mol. The number of amides is 1. The summed E-state index contributed by atoms with van der Waals surface area (Å²) in [6, 6.07) is 2.75. The van der Waals surface area contributed by atoms with Crippen molar-refractivity contribution < 1.29 is 4.79 Å². The Morgan fingerprint density at radius 3 is 3.00 bits per heavy atom. The lowest BCUT2D eigenvalue weighted by molar-refractivity contribution is -0.125. The van der Waals surface area contributed by atoms with E-state index in [0.29, 0.717) is 12.6 Å². The van der Waals surface area contributed by atoms with Crippen molar-refractivity contribution in [3.63, 3.8) is 0 Å². The second-order valence-electron chi connectivity index (χ2n) is 5.59. The molecule has 1 aliphatic carbocycles. The Bertz CT molecular complexity index is 336. The van der Waals surface area contributed by atoms with Crippen molar-refractivity contribution in [2.24, 2.45) is 11.8 Å². The summed E-state index contributed by atoms with van der Waals surface area (Å²) in [6.45, 7) is 4.32. The number of nitriles is 1. The van der Waals surface area contributed by atoms with Gasteiger partial charge in [0.1, 0.15) is 0 Å². The third-order valence-corrected chi connectivity index (χ3v) is 4.32. The maximum atomic E-state index is 11.5. The minimum Gasteiger partial charge on any atom is -0.354 e. The Hall–Kier alpha value is -1.08. The van der Waals surface area contributed by atoms with Crippen molar-refractivity contribution in [2.75, 3.05) is 19.6 Å². The zero-order valence-corrected chi connectivity index (χ0v) is 11.2. The van der Waals surface area contributed by atoms with Gasteiger partial charge in [-0.05, 0) is 25.2 Å². The van der Waals surface area contributed by atoms with E-state index in [1.54, 1.807) is 0 Å². The average Bonchev–Trinajstić information content (AvgIpc) is 2.39. The summed E-state index contributed by atoms with van der Waals surface area (Å²) in [5.74, 6) is 0.967. The highest BCUT2D eigenvalue weighted by molar-refractivity contribution is 5.78. The lowest BCUT2D eigenvalue weighted by Crippen LogP contribution is -2.54. The molecule has 1 saturated heterocycles. The number of hydrogen-bond donors (Lipinski definition) is 1. The molecule has 0 aromatic carbocycles. The van der Waals surface area contributed by atoms with Crippen LogP contribution in [0.3, 0.4) is 0 Å². The molecule has 1 heterocycles. The number of carbonyl (C=O) groups is 1. The third-order valence-electron chi connectivity index (χ3n) is 4.32. The van der Waals surface area contributed by atoms with Gasteiger partial charge in [-0.2, -0.15) is 5.26 Å². The van der Waals surface area contributed by atoms with Gasteiger partial charge in [-0.25, -0.2) is 0 Å². The second-order valence-corrected chi connectivity index (χ2v) is 5.59. The van der Waals surface area contributed by atoms with Crippen molar-refractivity contribution >= 4 is 5.91 Å². The zero-order chi connectivity index (χ0) is 13.0. The predicted molar refractivity (Wildman–Crippen MR) is 69.7 cm³/mol. The maximum absolute atomic E-state index is 11.5.